The molecule has 128 valence electrons. The first-order valence-electron chi connectivity index (χ1n) is 8.75. The molecule has 0 bridgehead atoms. The highest BCUT2D eigenvalue weighted by Crippen LogP contribution is 2.19. The van der Waals surface area contributed by atoms with Crippen molar-refractivity contribution in [1.82, 2.24) is 15.2 Å². The van der Waals surface area contributed by atoms with Gasteiger partial charge in [-0.2, -0.15) is 10.1 Å². The molecule has 0 atom stereocenters. The molecular weight excluding hydrogens is 305 g/mol. The van der Waals surface area contributed by atoms with Crippen molar-refractivity contribution in [2.45, 2.75) is 51.0 Å². The highest BCUT2D eigenvalue weighted by atomic mass is 19.1. The lowest BCUT2D eigenvalue weighted by Crippen LogP contribution is -2.20. The van der Waals surface area contributed by atoms with Crippen LogP contribution in [-0.2, 0) is 6.42 Å². The molecule has 0 aliphatic heterocycles. The van der Waals surface area contributed by atoms with Crippen LogP contribution in [0.1, 0.15) is 44.1 Å². The molecular formula is C18H24FN5. The number of anilines is 2. The number of hydrogen-bond donors (Lipinski definition) is 2. The van der Waals surface area contributed by atoms with Crippen LogP contribution in [0.5, 0.6) is 0 Å². The predicted molar refractivity (Wildman–Crippen MR) is 93.5 cm³/mol. The summed E-state index contributed by atoms with van der Waals surface area (Å²) in [5, 5.41) is 14.7. The molecule has 0 spiro atoms. The smallest absolute Gasteiger partial charge is 0.244 e. The summed E-state index contributed by atoms with van der Waals surface area (Å²) in [7, 11) is 0. The molecule has 1 heterocycles. The van der Waals surface area contributed by atoms with Gasteiger partial charge in [0.2, 0.25) is 5.95 Å². The third kappa shape index (κ3) is 4.88. The number of halogens is 1. The van der Waals surface area contributed by atoms with Gasteiger partial charge in [-0.3, -0.25) is 0 Å². The van der Waals surface area contributed by atoms with Crippen molar-refractivity contribution in [2.75, 3.05) is 17.2 Å². The zero-order chi connectivity index (χ0) is 16.6. The number of nitrogens with zero attached hydrogens (tertiary/aromatic N) is 3. The van der Waals surface area contributed by atoms with Crippen molar-refractivity contribution in [2.24, 2.45) is 0 Å². The summed E-state index contributed by atoms with van der Waals surface area (Å²) in [5.74, 6) is 1.06. The molecule has 0 unspecified atom stereocenters. The lowest BCUT2D eigenvalue weighted by molar-refractivity contribution is 0.610. The SMILES string of the molecule is Fc1ccccc1CCNc1cnnc(NC2CCCCCC2)n1. The van der Waals surface area contributed by atoms with Crippen molar-refractivity contribution in [1.29, 1.82) is 0 Å². The summed E-state index contributed by atoms with van der Waals surface area (Å²) < 4.78 is 13.6. The summed E-state index contributed by atoms with van der Waals surface area (Å²) in [6.07, 6.45) is 9.66. The monoisotopic (exact) mass is 329 g/mol. The van der Waals surface area contributed by atoms with Gasteiger partial charge in [-0.1, -0.05) is 43.9 Å². The topological polar surface area (TPSA) is 62.7 Å². The van der Waals surface area contributed by atoms with E-state index in [4.69, 9.17) is 0 Å². The Kier molecular flexibility index (Phi) is 5.93. The fourth-order valence-electron chi connectivity index (χ4n) is 3.08. The van der Waals surface area contributed by atoms with E-state index in [1.54, 1.807) is 18.3 Å². The molecule has 2 aromatic rings. The maximum atomic E-state index is 13.6. The molecule has 0 radical (unpaired) electrons. The molecule has 2 N–H and O–H groups in total. The van der Waals surface area contributed by atoms with Gasteiger partial charge in [0, 0.05) is 12.6 Å². The molecule has 0 amide bonds. The van der Waals surface area contributed by atoms with Crippen LogP contribution in [0.3, 0.4) is 0 Å². The van der Waals surface area contributed by atoms with E-state index in [1.807, 2.05) is 6.07 Å². The highest BCUT2D eigenvalue weighted by molar-refractivity contribution is 5.37. The van der Waals surface area contributed by atoms with Gasteiger partial charge in [0.25, 0.3) is 0 Å². The van der Waals surface area contributed by atoms with Gasteiger partial charge >= 0.3 is 0 Å². The maximum Gasteiger partial charge on any atom is 0.244 e. The van der Waals surface area contributed by atoms with E-state index < -0.39 is 0 Å². The van der Waals surface area contributed by atoms with Gasteiger partial charge in [0.05, 0.1) is 6.20 Å². The van der Waals surface area contributed by atoms with Crippen molar-refractivity contribution < 1.29 is 4.39 Å². The van der Waals surface area contributed by atoms with Crippen molar-refractivity contribution in [3.05, 3.63) is 41.8 Å². The van der Waals surface area contributed by atoms with Crippen LogP contribution in [0.15, 0.2) is 30.5 Å². The van der Waals surface area contributed by atoms with Gasteiger partial charge in [-0.05, 0) is 30.9 Å². The molecule has 1 saturated carbocycles. The van der Waals surface area contributed by atoms with Crippen molar-refractivity contribution in [3.8, 4) is 0 Å². The molecule has 1 aliphatic rings. The van der Waals surface area contributed by atoms with E-state index in [0.29, 0.717) is 36.3 Å². The molecule has 5 nitrogen and oxygen atoms in total. The standard InChI is InChI=1S/C18H24FN5/c19-16-10-6-5-7-14(16)11-12-20-17-13-21-24-18(23-17)22-15-8-3-1-2-4-9-15/h5-7,10,13,15H,1-4,8-9,11-12H2,(H2,20,22,23,24). The zero-order valence-electron chi connectivity index (χ0n) is 13.8. The minimum absolute atomic E-state index is 0.171. The molecule has 1 aromatic heterocycles. The van der Waals surface area contributed by atoms with E-state index in [9.17, 15) is 4.39 Å². The zero-order valence-corrected chi connectivity index (χ0v) is 13.8. The van der Waals surface area contributed by atoms with Crippen LogP contribution in [0, 0.1) is 5.82 Å². The Labute approximate surface area is 142 Å². The largest absolute Gasteiger partial charge is 0.368 e. The maximum absolute atomic E-state index is 13.6. The van der Waals surface area contributed by atoms with Gasteiger partial charge in [0.1, 0.15) is 5.82 Å². The summed E-state index contributed by atoms with van der Waals surface area (Å²) in [5.41, 5.74) is 0.698. The van der Waals surface area contributed by atoms with Gasteiger partial charge in [0.15, 0.2) is 5.82 Å². The first-order valence-corrected chi connectivity index (χ1v) is 8.75. The molecule has 1 aromatic carbocycles. The summed E-state index contributed by atoms with van der Waals surface area (Å²) in [6, 6.07) is 7.26. The predicted octanol–water partition coefficient (Wildman–Crippen LogP) is 3.80. The van der Waals surface area contributed by atoms with Crippen LogP contribution in [0.25, 0.3) is 0 Å². The molecule has 0 saturated heterocycles. The Hall–Kier alpha value is -2.24. The minimum atomic E-state index is -0.171. The number of nitrogens with one attached hydrogen (secondary N) is 2. The first-order chi connectivity index (χ1) is 11.8. The van der Waals surface area contributed by atoms with Gasteiger partial charge in [-0.15, -0.1) is 5.10 Å². The molecule has 24 heavy (non-hydrogen) atoms. The second-order valence-electron chi connectivity index (χ2n) is 6.27. The summed E-state index contributed by atoms with van der Waals surface area (Å²) in [6.45, 7) is 0.600. The highest BCUT2D eigenvalue weighted by Gasteiger charge is 2.13. The minimum Gasteiger partial charge on any atom is -0.368 e. The first kappa shape index (κ1) is 16.6. The average molecular weight is 329 g/mol. The fourth-order valence-corrected chi connectivity index (χ4v) is 3.08. The Balaban J connectivity index is 1.52. The Morgan fingerprint density at radius 2 is 1.88 bits per heavy atom. The lowest BCUT2D eigenvalue weighted by atomic mass is 10.1. The summed E-state index contributed by atoms with van der Waals surface area (Å²) in [4.78, 5) is 4.46. The fraction of sp³-hybridized carbons (Fsp3) is 0.500. The van der Waals surface area contributed by atoms with Crippen LogP contribution in [0.4, 0.5) is 16.2 Å². The summed E-state index contributed by atoms with van der Waals surface area (Å²) >= 11 is 0. The molecule has 1 aliphatic carbocycles. The van der Waals surface area contributed by atoms with Gasteiger partial charge in [-0.25, -0.2) is 4.39 Å². The quantitative estimate of drug-likeness (QED) is 0.789. The average Bonchev–Trinajstić information content (AvgIpc) is 2.86. The third-order valence-corrected chi connectivity index (χ3v) is 4.41. The normalized spacial score (nSPS) is 15.7. The van der Waals surface area contributed by atoms with Crippen LogP contribution in [-0.4, -0.2) is 27.8 Å². The number of aromatic nitrogens is 3. The van der Waals surface area contributed by atoms with E-state index in [0.717, 1.165) is 12.8 Å². The van der Waals surface area contributed by atoms with E-state index in [2.05, 4.69) is 25.8 Å². The molecule has 6 heteroatoms. The van der Waals surface area contributed by atoms with Gasteiger partial charge < -0.3 is 10.6 Å². The van der Waals surface area contributed by atoms with Crippen LogP contribution >= 0.6 is 0 Å². The molecule has 3 rings (SSSR count). The van der Waals surface area contributed by atoms with Crippen LogP contribution in [0.2, 0.25) is 0 Å². The van der Waals surface area contributed by atoms with Crippen molar-refractivity contribution in [3.63, 3.8) is 0 Å². The van der Waals surface area contributed by atoms with E-state index in [-0.39, 0.29) is 5.82 Å². The van der Waals surface area contributed by atoms with E-state index in [1.165, 1.54) is 31.7 Å². The van der Waals surface area contributed by atoms with Crippen LogP contribution < -0.4 is 10.6 Å². The van der Waals surface area contributed by atoms with Crippen molar-refractivity contribution >= 4 is 11.8 Å². The molecule has 1 fully saturated rings. The second-order valence-corrected chi connectivity index (χ2v) is 6.27. The third-order valence-electron chi connectivity index (χ3n) is 4.41. The number of rotatable bonds is 6. The number of benzene rings is 1. The van der Waals surface area contributed by atoms with E-state index >= 15 is 0 Å². The Bertz CT molecular complexity index is 641. The second kappa shape index (κ2) is 8.57. The Morgan fingerprint density at radius 3 is 2.67 bits per heavy atom. The number of hydrogen-bond acceptors (Lipinski definition) is 5. The Morgan fingerprint density at radius 1 is 1.08 bits per heavy atom. The lowest BCUT2D eigenvalue weighted by Gasteiger charge is -2.16.